The smallest absolute Gasteiger partial charge is 0.337 e. The summed E-state index contributed by atoms with van der Waals surface area (Å²) in [6.45, 7) is 1.88. The van der Waals surface area contributed by atoms with Crippen LogP contribution in [0.5, 0.6) is 0 Å². The molecule has 2 rings (SSSR count). The van der Waals surface area contributed by atoms with E-state index in [9.17, 15) is 4.79 Å². The third kappa shape index (κ3) is 1.19. The number of aryl methyl sites for hydroxylation is 1. The molecule has 0 fully saturated rings. The maximum absolute atomic E-state index is 10.8. The Balaban J connectivity index is 2.84. The molecule has 66 valence electrons. The van der Waals surface area contributed by atoms with E-state index < -0.39 is 5.97 Å². The van der Waals surface area contributed by atoms with Gasteiger partial charge in [-0.2, -0.15) is 4.37 Å². The Morgan fingerprint density at radius 3 is 3.00 bits per heavy atom. The molecule has 0 aliphatic carbocycles. The van der Waals surface area contributed by atoms with Gasteiger partial charge in [-0.3, -0.25) is 0 Å². The van der Waals surface area contributed by atoms with Crippen LogP contribution >= 0.6 is 11.5 Å². The highest BCUT2D eigenvalue weighted by molar-refractivity contribution is 7.13. The average Bonchev–Trinajstić information content (AvgIpc) is 2.48. The molecule has 4 heteroatoms. The van der Waals surface area contributed by atoms with Gasteiger partial charge in [-0.15, -0.1) is 0 Å². The number of carboxylic acids is 1. The van der Waals surface area contributed by atoms with Gasteiger partial charge in [0.05, 0.1) is 16.0 Å². The summed E-state index contributed by atoms with van der Waals surface area (Å²) in [5, 5.41) is 9.81. The summed E-state index contributed by atoms with van der Waals surface area (Å²) in [7, 11) is 0. The van der Waals surface area contributed by atoms with E-state index in [0.717, 1.165) is 15.8 Å². The van der Waals surface area contributed by atoms with Gasteiger partial charge >= 0.3 is 5.97 Å². The molecule has 0 saturated carbocycles. The van der Waals surface area contributed by atoms with Gasteiger partial charge in [0.1, 0.15) is 0 Å². The number of carbonyl (C=O) groups is 1. The first-order valence-electron chi connectivity index (χ1n) is 3.78. The quantitative estimate of drug-likeness (QED) is 0.756. The number of aromatic nitrogens is 1. The van der Waals surface area contributed by atoms with Gasteiger partial charge in [-0.1, -0.05) is 12.1 Å². The molecule has 0 spiro atoms. The molecule has 13 heavy (non-hydrogen) atoms. The molecule has 0 aliphatic heterocycles. The number of hydrogen-bond donors (Lipinski definition) is 1. The van der Waals surface area contributed by atoms with Crippen molar-refractivity contribution in [2.24, 2.45) is 0 Å². The summed E-state index contributed by atoms with van der Waals surface area (Å²) in [5.74, 6) is -0.894. The van der Waals surface area contributed by atoms with Gasteiger partial charge in [0.2, 0.25) is 0 Å². The van der Waals surface area contributed by atoms with Gasteiger partial charge in [-0.05, 0) is 24.5 Å². The monoisotopic (exact) mass is 193 g/mol. The molecular formula is C9H7NO2S. The van der Waals surface area contributed by atoms with Crippen LogP contribution in [0.25, 0.3) is 10.1 Å². The normalized spacial score (nSPS) is 10.5. The highest BCUT2D eigenvalue weighted by Gasteiger charge is 2.11. The summed E-state index contributed by atoms with van der Waals surface area (Å²) in [5.41, 5.74) is 1.23. The first-order chi connectivity index (χ1) is 6.20. The predicted molar refractivity (Wildman–Crippen MR) is 51.3 cm³/mol. The molecule has 1 aromatic carbocycles. The molecule has 0 amide bonds. The van der Waals surface area contributed by atoms with Crippen LogP contribution in [-0.4, -0.2) is 15.4 Å². The Bertz CT molecular complexity index is 475. The second-order valence-electron chi connectivity index (χ2n) is 2.76. The van der Waals surface area contributed by atoms with E-state index in [1.165, 1.54) is 11.5 Å². The van der Waals surface area contributed by atoms with Crippen molar-refractivity contribution in [2.45, 2.75) is 6.92 Å². The molecular weight excluding hydrogens is 186 g/mol. The van der Waals surface area contributed by atoms with Crippen LogP contribution in [0.15, 0.2) is 18.2 Å². The standard InChI is InChI=1S/C9H7NO2S/c1-5-6-3-2-4-7(9(11)12)8(6)13-10-5/h2-4H,1H3,(H,11,12). The molecule has 1 heterocycles. The average molecular weight is 193 g/mol. The van der Waals surface area contributed by atoms with E-state index >= 15 is 0 Å². The first-order valence-corrected chi connectivity index (χ1v) is 4.56. The first kappa shape index (κ1) is 8.19. The Morgan fingerprint density at radius 1 is 1.54 bits per heavy atom. The number of fused-ring (bicyclic) bond motifs is 1. The van der Waals surface area contributed by atoms with Crippen molar-refractivity contribution in [3.05, 3.63) is 29.5 Å². The Labute approximate surface area is 78.8 Å². The van der Waals surface area contributed by atoms with Crippen LogP contribution in [0.4, 0.5) is 0 Å². The third-order valence-electron chi connectivity index (χ3n) is 1.91. The maximum Gasteiger partial charge on any atom is 0.337 e. The largest absolute Gasteiger partial charge is 0.478 e. The lowest BCUT2D eigenvalue weighted by molar-refractivity contribution is 0.0699. The number of nitrogens with zero attached hydrogens (tertiary/aromatic N) is 1. The van der Waals surface area contributed by atoms with E-state index in [0.29, 0.717) is 5.56 Å². The van der Waals surface area contributed by atoms with Gasteiger partial charge in [-0.25, -0.2) is 4.79 Å². The molecule has 1 N–H and O–H groups in total. The molecule has 3 nitrogen and oxygen atoms in total. The zero-order valence-corrected chi connectivity index (χ0v) is 7.76. The Hall–Kier alpha value is -1.42. The maximum atomic E-state index is 10.8. The summed E-state index contributed by atoms with van der Waals surface area (Å²) in [4.78, 5) is 10.8. The van der Waals surface area contributed by atoms with E-state index in [2.05, 4.69) is 4.37 Å². The number of aromatic carboxylic acids is 1. The zero-order chi connectivity index (χ0) is 9.42. The number of carboxylic acid groups (broad SMARTS) is 1. The fourth-order valence-electron chi connectivity index (χ4n) is 1.25. The number of rotatable bonds is 1. The van der Waals surface area contributed by atoms with Gasteiger partial charge < -0.3 is 5.11 Å². The van der Waals surface area contributed by atoms with Crippen LogP contribution < -0.4 is 0 Å². The van der Waals surface area contributed by atoms with Crippen LogP contribution in [-0.2, 0) is 0 Å². The van der Waals surface area contributed by atoms with E-state index in [-0.39, 0.29) is 0 Å². The predicted octanol–water partition coefficient (Wildman–Crippen LogP) is 2.30. The lowest BCUT2D eigenvalue weighted by Crippen LogP contribution is -1.95. The highest BCUT2D eigenvalue weighted by Crippen LogP contribution is 2.25. The van der Waals surface area contributed by atoms with Gasteiger partial charge in [0, 0.05) is 5.39 Å². The van der Waals surface area contributed by atoms with Crippen LogP contribution in [0, 0.1) is 6.92 Å². The minimum atomic E-state index is -0.894. The molecule has 0 radical (unpaired) electrons. The summed E-state index contributed by atoms with van der Waals surface area (Å²) < 4.78 is 4.87. The summed E-state index contributed by atoms with van der Waals surface area (Å²) >= 11 is 1.24. The van der Waals surface area contributed by atoms with Gasteiger partial charge in [0.15, 0.2) is 0 Å². The van der Waals surface area contributed by atoms with Crippen LogP contribution in [0.1, 0.15) is 16.1 Å². The van der Waals surface area contributed by atoms with Crippen molar-refractivity contribution in [1.82, 2.24) is 4.37 Å². The topological polar surface area (TPSA) is 50.2 Å². The minimum absolute atomic E-state index is 0.336. The number of hydrogen-bond acceptors (Lipinski definition) is 3. The molecule has 0 atom stereocenters. The Kier molecular flexibility index (Phi) is 1.77. The molecule has 0 unspecified atom stereocenters. The second kappa shape index (κ2) is 2.81. The van der Waals surface area contributed by atoms with Crippen molar-refractivity contribution in [3.63, 3.8) is 0 Å². The summed E-state index contributed by atoms with van der Waals surface area (Å²) in [6.07, 6.45) is 0. The van der Waals surface area contributed by atoms with Crippen molar-refractivity contribution in [2.75, 3.05) is 0 Å². The van der Waals surface area contributed by atoms with Crippen molar-refractivity contribution in [1.29, 1.82) is 0 Å². The fourth-order valence-corrected chi connectivity index (χ4v) is 2.15. The Morgan fingerprint density at radius 2 is 2.31 bits per heavy atom. The third-order valence-corrected chi connectivity index (χ3v) is 2.90. The molecule has 0 aliphatic rings. The lowest BCUT2D eigenvalue weighted by Gasteiger charge is -1.94. The van der Waals surface area contributed by atoms with Crippen LogP contribution in [0.3, 0.4) is 0 Å². The van der Waals surface area contributed by atoms with Gasteiger partial charge in [0.25, 0.3) is 0 Å². The molecule has 2 aromatic rings. The van der Waals surface area contributed by atoms with Crippen molar-refractivity contribution < 1.29 is 9.90 Å². The van der Waals surface area contributed by atoms with E-state index in [1.54, 1.807) is 12.1 Å². The highest BCUT2D eigenvalue weighted by atomic mass is 32.1. The zero-order valence-electron chi connectivity index (χ0n) is 6.94. The van der Waals surface area contributed by atoms with Crippen LogP contribution in [0.2, 0.25) is 0 Å². The molecule has 1 aromatic heterocycles. The fraction of sp³-hybridized carbons (Fsp3) is 0.111. The number of benzene rings is 1. The lowest BCUT2D eigenvalue weighted by atomic mass is 10.1. The van der Waals surface area contributed by atoms with E-state index in [4.69, 9.17) is 5.11 Å². The summed E-state index contributed by atoms with van der Waals surface area (Å²) in [6, 6.07) is 5.23. The minimum Gasteiger partial charge on any atom is -0.478 e. The second-order valence-corrected chi connectivity index (χ2v) is 3.53. The van der Waals surface area contributed by atoms with Crippen molar-refractivity contribution >= 4 is 27.6 Å². The molecule has 0 saturated heterocycles. The van der Waals surface area contributed by atoms with Crippen molar-refractivity contribution in [3.8, 4) is 0 Å². The molecule has 0 bridgehead atoms. The van der Waals surface area contributed by atoms with E-state index in [1.807, 2.05) is 13.0 Å². The SMILES string of the molecule is Cc1nsc2c(C(=O)O)cccc12.